The molecule has 2 fully saturated rings. The lowest BCUT2D eigenvalue weighted by molar-refractivity contribution is -0.126. The molecule has 4 N–H and O–H groups in total. The predicted octanol–water partition coefficient (Wildman–Crippen LogP) is 2.62. The fourth-order valence-corrected chi connectivity index (χ4v) is 3.52. The Morgan fingerprint density at radius 2 is 1.73 bits per heavy atom. The largest absolute Gasteiger partial charge is 0.364 e. The average Bonchev–Trinajstić information content (AvgIpc) is 3.12. The molecule has 1 aliphatic carbocycles. The van der Waals surface area contributed by atoms with Crippen LogP contribution in [0.1, 0.15) is 55.3 Å². The first kappa shape index (κ1) is 20.7. The highest BCUT2D eigenvalue weighted by molar-refractivity contribution is 5.97. The van der Waals surface area contributed by atoms with Crippen LogP contribution in [-0.4, -0.2) is 36.6 Å². The Morgan fingerprint density at radius 1 is 1.04 bits per heavy atom. The lowest BCUT2D eigenvalue weighted by atomic mass is 9.95. The molecule has 0 unspecified atom stereocenters. The molecule has 1 saturated carbocycles. The summed E-state index contributed by atoms with van der Waals surface area (Å²) in [6, 6.07) is 7.28. The highest BCUT2D eigenvalue weighted by atomic mass is 35.5. The maximum atomic E-state index is 12.3. The van der Waals surface area contributed by atoms with Crippen molar-refractivity contribution in [2.45, 2.75) is 63.2 Å². The monoisotopic (exact) mass is 381 g/mol. The summed E-state index contributed by atoms with van der Waals surface area (Å²) in [7, 11) is 0. The van der Waals surface area contributed by atoms with Gasteiger partial charge in [0.2, 0.25) is 0 Å². The topological polar surface area (TPSA) is 93.5 Å². The van der Waals surface area contributed by atoms with Crippen LogP contribution in [-0.2, 0) is 9.53 Å². The molecule has 2 amide bonds. The van der Waals surface area contributed by atoms with E-state index in [1.165, 1.54) is 19.3 Å². The van der Waals surface area contributed by atoms with Crippen LogP contribution in [0.2, 0.25) is 0 Å². The van der Waals surface area contributed by atoms with Gasteiger partial charge in [-0.25, -0.2) is 0 Å². The van der Waals surface area contributed by atoms with E-state index in [0.717, 1.165) is 19.3 Å². The van der Waals surface area contributed by atoms with E-state index in [4.69, 9.17) is 10.5 Å². The maximum Gasteiger partial charge on any atom is 0.253 e. The standard InChI is InChI=1S/C19H27N3O3.ClH/c20-12-16-10-11-17(25-16)19(24)22-15-8-6-13(7-9-15)18(23)21-14-4-2-1-3-5-14;/h6-9,14,16-17H,1-5,10-12,20H2,(H,21,23)(H,22,24);1H/t16-,17+;/m1./s1. The number of hydrogen-bond donors (Lipinski definition) is 3. The van der Waals surface area contributed by atoms with E-state index in [-0.39, 0.29) is 36.4 Å². The van der Waals surface area contributed by atoms with Crippen molar-refractivity contribution in [3.05, 3.63) is 29.8 Å². The summed E-state index contributed by atoms with van der Waals surface area (Å²) in [4.78, 5) is 24.5. The van der Waals surface area contributed by atoms with Crippen molar-refractivity contribution in [2.24, 2.45) is 5.73 Å². The molecule has 1 heterocycles. The van der Waals surface area contributed by atoms with Crippen molar-refractivity contribution in [3.63, 3.8) is 0 Å². The second-order valence-electron chi connectivity index (χ2n) is 6.93. The minimum Gasteiger partial charge on any atom is -0.364 e. The van der Waals surface area contributed by atoms with Crippen LogP contribution in [0.25, 0.3) is 0 Å². The smallest absolute Gasteiger partial charge is 0.253 e. The summed E-state index contributed by atoms with van der Waals surface area (Å²) in [5.74, 6) is -0.204. The normalized spacial score (nSPS) is 23.1. The molecule has 0 bridgehead atoms. The SMILES string of the molecule is Cl.NC[C@H]1CC[C@@H](C(=O)Nc2ccc(C(=O)NC3CCCCC3)cc2)O1. The third-order valence-electron chi connectivity index (χ3n) is 5.02. The van der Waals surface area contributed by atoms with Crippen LogP contribution in [0.15, 0.2) is 24.3 Å². The van der Waals surface area contributed by atoms with Gasteiger partial charge >= 0.3 is 0 Å². The van der Waals surface area contributed by atoms with E-state index in [1.54, 1.807) is 24.3 Å². The quantitative estimate of drug-likeness (QED) is 0.730. The zero-order valence-corrected chi connectivity index (χ0v) is 15.7. The summed E-state index contributed by atoms with van der Waals surface area (Å²) >= 11 is 0. The summed E-state index contributed by atoms with van der Waals surface area (Å²) in [5, 5.41) is 5.93. The number of hydrogen-bond acceptors (Lipinski definition) is 4. The number of nitrogens with two attached hydrogens (primary N) is 1. The molecule has 1 aliphatic heterocycles. The third-order valence-corrected chi connectivity index (χ3v) is 5.02. The van der Waals surface area contributed by atoms with Gasteiger partial charge in [0.05, 0.1) is 6.10 Å². The number of rotatable bonds is 5. The van der Waals surface area contributed by atoms with Crippen LogP contribution < -0.4 is 16.4 Å². The number of halogens is 1. The number of benzene rings is 1. The second-order valence-corrected chi connectivity index (χ2v) is 6.93. The lowest BCUT2D eigenvalue weighted by Gasteiger charge is -2.22. The fraction of sp³-hybridized carbons (Fsp3) is 0.579. The number of ether oxygens (including phenoxy) is 1. The third kappa shape index (κ3) is 5.43. The first-order valence-corrected chi connectivity index (χ1v) is 9.23. The van der Waals surface area contributed by atoms with Gasteiger partial charge in [0.25, 0.3) is 11.8 Å². The molecule has 0 spiro atoms. The van der Waals surface area contributed by atoms with Gasteiger partial charge in [0.1, 0.15) is 6.10 Å². The van der Waals surface area contributed by atoms with Crippen LogP contribution in [0, 0.1) is 0 Å². The highest BCUT2D eigenvalue weighted by Crippen LogP contribution is 2.21. The Kier molecular flexibility index (Phi) is 7.87. The van der Waals surface area contributed by atoms with Crippen molar-refractivity contribution in [2.75, 3.05) is 11.9 Å². The van der Waals surface area contributed by atoms with E-state index >= 15 is 0 Å². The van der Waals surface area contributed by atoms with Crippen molar-refractivity contribution < 1.29 is 14.3 Å². The van der Waals surface area contributed by atoms with Gasteiger partial charge in [0, 0.05) is 23.8 Å². The number of anilines is 1. The van der Waals surface area contributed by atoms with Crippen LogP contribution in [0.4, 0.5) is 5.69 Å². The molecule has 2 atom stereocenters. The van der Waals surface area contributed by atoms with E-state index in [0.29, 0.717) is 24.2 Å². The summed E-state index contributed by atoms with van der Waals surface area (Å²) < 4.78 is 5.59. The summed E-state index contributed by atoms with van der Waals surface area (Å²) in [6.45, 7) is 0.439. The Bertz CT molecular complexity index is 603. The molecule has 26 heavy (non-hydrogen) atoms. The van der Waals surface area contributed by atoms with E-state index in [9.17, 15) is 9.59 Å². The summed E-state index contributed by atoms with van der Waals surface area (Å²) in [5.41, 5.74) is 6.85. The van der Waals surface area contributed by atoms with E-state index in [1.807, 2.05) is 0 Å². The number of nitrogens with one attached hydrogen (secondary N) is 2. The first-order chi connectivity index (χ1) is 12.2. The van der Waals surface area contributed by atoms with Gasteiger partial charge in [-0.3, -0.25) is 9.59 Å². The minimum atomic E-state index is -0.442. The van der Waals surface area contributed by atoms with Gasteiger partial charge in [-0.2, -0.15) is 0 Å². The van der Waals surface area contributed by atoms with E-state index < -0.39 is 6.10 Å². The molecule has 1 aromatic carbocycles. The van der Waals surface area contributed by atoms with Crippen LogP contribution >= 0.6 is 12.4 Å². The molecular formula is C19H28ClN3O3. The zero-order chi connectivity index (χ0) is 17.6. The average molecular weight is 382 g/mol. The van der Waals surface area contributed by atoms with Crippen LogP contribution in [0.5, 0.6) is 0 Å². The van der Waals surface area contributed by atoms with Crippen molar-refractivity contribution in [3.8, 4) is 0 Å². The maximum absolute atomic E-state index is 12.3. The molecule has 3 rings (SSSR count). The number of amides is 2. The molecule has 1 saturated heterocycles. The van der Waals surface area contributed by atoms with Crippen molar-refractivity contribution >= 4 is 29.9 Å². The lowest BCUT2D eigenvalue weighted by Crippen LogP contribution is -2.36. The van der Waals surface area contributed by atoms with Gasteiger partial charge in [0.15, 0.2) is 0 Å². The molecule has 0 radical (unpaired) electrons. The van der Waals surface area contributed by atoms with Gasteiger partial charge < -0.3 is 21.1 Å². The molecule has 0 aromatic heterocycles. The highest BCUT2D eigenvalue weighted by Gasteiger charge is 2.29. The van der Waals surface area contributed by atoms with E-state index in [2.05, 4.69) is 10.6 Å². The molecule has 7 heteroatoms. The van der Waals surface area contributed by atoms with Gasteiger partial charge in [-0.15, -0.1) is 12.4 Å². The number of carbonyl (C=O) groups is 2. The Labute approximate surface area is 160 Å². The fourth-order valence-electron chi connectivity index (χ4n) is 3.52. The molecular weight excluding hydrogens is 354 g/mol. The minimum absolute atomic E-state index is 0. The molecule has 2 aliphatic rings. The molecule has 144 valence electrons. The second kappa shape index (κ2) is 9.90. The van der Waals surface area contributed by atoms with Crippen LogP contribution in [0.3, 0.4) is 0 Å². The Hall–Kier alpha value is -1.63. The molecule has 6 nitrogen and oxygen atoms in total. The molecule has 1 aromatic rings. The van der Waals surface area contributed by atoms with Gasteiger partial charge in [-0.05, 0) is 49.9 Å². The number of carbonyl (C=O) groups excluding carboxylic acids is 2. The first-order valence-electron chi connectivity index (χ1n) is 9.23. The Morgan fingerprint density at radius 3 is 2.35 bits per heavy atom. The Balaban J connectivity index is 0.00000243. The predicted molar refractivity (Wildman–Crippen MR) is 104 cm³/mol. The summed E-state index contributed by atoms with van der Waals surface area (Å²) in [6.07, 6.45) is 6.79. The van der Waals surface area contributed by atoms with Gasteiger partial charge in [-0.1, -0.05) is 19.3 Å². The zero-order valence-electron chi connectivity index (χ0n) is 14.9. The van der Waals surface area contributed by atoms with Crippen molar-refractivity contribution in [1.29, 1.82) is 0 Å². The van der Waals surface area contributed by atoms with Crippen molar-refractivity contribution in [1.82, 2.24) is 5.32 Å².